The zero-order chi connectivity index (χ0) is 18.4. The van der Waals surface area contributed by atoms with Crippen molar-refractivity contribution in [1.82, 2.24) is 0 Å². The van der Waals surface area contributed by atoms with E-state index in [-0.39, 0.29) is 0 Å². The molecule has 16 heteroatoms. The summed E-state index contributed by atoms with van der Waals surface area (Å²) in [7, 11) is -11.1. The SMILES string of the molecule is C[SiH]1O[SiH](C)O[SiH](C)O[SiH](C)O1.C[Si]1(C)O[SiH2]O[SiH2]O[Si](C)(C)O1. The maximum atomic E-state index is 5.89. The van der Waals surface area contributed by atoms with Crippen LogP contribution in [-0.4, -0.2) is 74.3 Å². The lowest BCUT2D eigenvalue weighted by Gasteiger charge is -2.35. The van der Waals surface area contributed by atoms with E-state index in [2.05, 4.69) is 0 Å². The van der Waals surface area contributed by atoms with Crippen molar-refractivity contribution in [3.63, 3.8) is 0 Å². The van der Waals surface area contributed by atoms with Crippen molar-refractivity contribution >= 4 is 74.3 Å². The molecule has 24 heavy (non-hydrogen) atoms. The molecular weight excluding hydrogens is 449 g/mol. The van der Waals surface area contributed by atoms with Gasteiger partial charge in [0, 0.05) is 0 Å². The van der Waals surface area contributed by atoms with Gasteiger partial charge in [-0.3, -0.25) is 0 Å². The molecule has 0 N–H and O–H groups in total. The van der Waals surface area contributed by atoms with E-state index < -0.39 is 74.3 Å². The third-order valence-corrected chi connectivity index (χ3v) is 27.0. The van der Waals surface area contributed by atoms with Crippen LogP contribution >= 0.6 is 0 Å². The zero-order valence-electron chi connectivity index (χ0n) is 16.0. The van der Waals surface area contributed by atoms with Crippen molar-refractivity contribution in [3.8, 4) is 0 Å². The highest BCUT2D eigenvalue weighted by Crippen LogP contribution is 2.17. The summed E-state index contributed by atoms with van der Waals surface area (Å²) in [5.74, 6) is 0. The lowest BCUT2D eigenvalue weighted by atomic mass is 11.9. The predicted octanol–water partition coefficient (Wildman–Crippen LogP) is -1.06. The van der Waals surface area contributed by atoms with Crippen LogP contribution in [0.5, 0.6) is 0 Å². The molecule has 2 aliphatic rings. The van der Waals surface area contributed by atoms with Gasteiger partial charge in [0.2, 0.25) is 0 Å². The Kier molecular flexibility index (Phi) is 10.4. The van der Waals surface area contributed by atoms with Crippen LogP contribution in [0.2, 0.25) is 52.4 Å². The van der Waals surface area contributed by atoms with Gasteiger partial charge in [-0.15, -0.1) is 0 Å². The highest BCUT2D eigenvalue weighted by atomic mass is 28.5. The first-order chi connectivity index (χ1) is 11.0. The maximum Gasteiger partial charge on any atom is 0.313 e. The molecule has 0 aliphatic carbocycles. The lowest BCUT2D eigenvalue weighted by Crippen LogP contribution is -2.52. The fraction of sp³-hybridized carbons (Fsp3) is 1.00. The van der Waals surface area contributed by atoms with Crippen molar-refractivity contribution < 1.29 is 32.9 Å². The summed E-state index contributed by atoms with van der Waals surface area (Å²) in [5.41, 5.74) is 0. The first kappa shape index (κ1) is 23.5. The van der Waals surface area contributed by atoms with Gasteiger partial charge in [-0.1, -0.05) is 0 Å². The van der Waals surface area contributed by atoms with Crippen LogP contribution in [0.15, 0.2) is 0 Å². The molecular formula is C8H32O8Si8. The number of hydrogen-bond donors (Lipinski definition) is 0. The topological polar surface area (TPSA) is 73.8 Å². The Morgan fingerprint density at radius 3 is 1.17 bits per heavy atom. The summed E-state index contributed by atoms with van der Waals surface area (Å²) in [5, 5.41) is 0. The summed E-state index contributed by atoms with van der Waals surface area (Å²) >= 11 is 0. The van der Waals surface area contributed by atoms with E-state index in [4.69, 9.17) is 32.9 Å². The van der Waals surface area contributed by atoms with Gasteiger partial charge in [0.15, 0.2) is 0 Å². The highest BCUT2D eigenvalue weighted by Gasteiger charge is 2.37. The predicted molar refractivity (Wildman–Crippen MR) is 113 cm³/mol. The molecule has 0 atom stereocenters. The van der Waals surface area contributed by atoms with Gasteiger partial charge >= 0.3 is 17.1 Å². The Hall–Kier alpha value is 1.42. The molecule has 0 unspecified atom stereocenters. The molecule has 0 aromatic carbocycles. The van der Waals surface area contributed by atoms with Crippen LogP contribution in [0.4, 0.5) is 0 Å². The van der Waals surface area contributed by atoms with E-state index >= 15 is 0 Å². The Bertz CT molecular complexity index is 320. The van der Waals surface area contributed by atoms with Gasteiger partial charge < -0.3 is 32.9 Å². The Morgan fingerprint density at radius 2 is 0.875 bits per heavy atom. The fourth-order valence-electron chi connectivity index (χ4n) is 2.26. The first-order valence-electron chi connectivity index (χ1n) is 8.17. The third-order valence-electron chi connectivity index (χ3n) is 3.00. The van der Waals surface area contributed by atoms with Crippen molar-refractivity contribution in [2.45, 2.75) is 52.4 Å². The van der Waals surface area contributed by atoms with Crippen molar-refractivity contribution in [2.24, 2.45) is 0 Å². The zero-order valence-corrected chi connectivity index (χ0v) is 25.4. The Balaban J connectivity index is 0.000000240. The van der Waals surface area contributed by atoms with Crippen LogP contribution in [0.3, 0.4) is 0 Å². The van der Waals surface area contributed by atoms with Gasteiger partial charge in [0.05, 0.1) is 0 Å². The van der Waals surface area contributed by atoms with Gasteiger partial charge in [-0.2, -0.15) is 0 Å². The molecule has 0 aromatic heterocycles. The minimum absolute atomic E-state index is 0.806. The fourth-order valence-corrected chi connectivity index (χ4v) is 25.2. The molecule has 8 nitrogen and oxygen atoms in total. The van der Waals surface area contributed by atoms with Crippen LogP contribution in [0.25, 0.3) is 0 Å². The molecule has 2 aliphatic heterocycles. The van der Waals surface area contributed by atoms with Gasteiger partial charge in [-0.25, -0.2) is 0 Å². The van der Waals surface area contributed by atoms with E-state index in [9.17, 15) is 0 Å². The molecule has 0 amide bonds. The van der Waals surface area contributed by atoms with Gasteiger partial charge in [0.1, 0.15) is 0 Å². The molecule has 0 saturated carbocycles. The number of hydrogen-bond acceptors (Lipinski definition) is 8. The standard InChI is InChI=1S/2C4H16O4Si4/c1-11(2)6-9-5-10-7-12(3,4)8-11;1-9-5-10(2)7-12(4)8-11(3)6-9/h9-10H2,1-4H3;9-12H,1-4H3. The summed E-state index contributed by atoms with van der Waals surface area (Å²) < 4.78 is 45.1. The molecule has 2 rings (SSSR count). The van der Waals surface area contributed by atoms with Crippen molar-refractivity contribution in [2.75, 3.05) is 0 Å². The van der Waals surface area contributed by atoms with Gasteiger partial charge in [0.25, 0.3) is 57.1 Å². The van der Waals surface area contributed by atoms with E-state index in [1.165, 1.54) is 0 Å². The highest BCUT2D eigenvalue weighted by molar-refractivity contribution is 6.82. The summed E-state index contributed by atoms with van der Waals surface area (Å²) in [4.78, 5) is 0. The van der Waals surface area contributed by atoms with E-state index in [1.54, 1.807) is 0 Å². The van der Waals surface area contributed by atoms with Crippen molar-refractivity contribution in [3.05, 3.63) is 0 Å². The number of rotatable bonds is 0. The quantitative estimate of drug-likeness (QED) is 0.406. The summed E-state index contributed by atoms with van der Waals surface area (Å²) in [6, 6.07) is 0. The lowest BCUT2D eigenvalue weighted by molar-refractivity contribution is 0.285. The first-order valence-corrected chi connectivity index (χ1v) is 24.5. The van der Waals surface area contributed by atoms with Crippen LogP contribution in [-0.2, 0) is 32.9 Å². The normalized spacial score (nSPS) is 39.0. The third kappa shape index (κ3) is 10.5. The second-order valence-electron chi connectivity index (χ2n) is 6.45. The second kappa shape index (κ2) is 10.7. The Morgan fingerprint density at radius 1 is 0.583 bits per heavy atom. The molecule has 0 aromatic rings. The van der Waals surface area contributed by atoms with E-state index in [0.717, 1.165) is 0 Å². The average Bonchev–Trinajstić information content (AvgIpc) is 2.33. The second-order valence-corrected chi connectivity index (χ2v) is 26.2. The molecule has 2 fully saturated rings. The van der Waals surface area contributed by atoms with E-state index in [0.29, 0.717) is 0 Å². The van der Waals surface area contributed by atoms with Crippen LogP contribution in [0, 0.1) is 0 Å². The maximum absolute atomic E-state index is 5.89. The molecule has 2 heterocycles. The van der Waals surface area contributed by atoms with Gasteiger partial charge in [-0.05, 0) is 52.4 Å². The summed E-state index contributed by atoms with van der Waals surface area (Å²) in [6.45, 7) is 16.4. The minimum Gasteiger partial charge on any atom is -0.425 e. The largest absolute Gasteiger partial charge is 0.425 e. The summed E-state index contributed by atoms with van der Waals surface area (Å²) in [6.07, 6.45) is 0. The van der Waals surface area contributed by atoms with Crippen LogP contribution < -0.4 is 0 Å². The monoisotopic (exact) mass is 480 g/mol. The van der Waals surface area contributed by atoms with E-state index in [1.807, 2.05) is 52.4 Å². The Labute approximate surface area is 159 Å². The average molecular weight is 481 g/mol. The van der Waals surface area contributed by atoms with Crippen LogP contribution in [0.1, 0.15) is 0 Å². The molecule has 2 saturated heterocycles. The van der Waals surface area contributed by atoms with Crippen molar-refractivity contribution in [1.29, 1.82) is 0 Å². The smallest absolute Gasteiger partial charge is 0.313 e. The molecule has 0 spiro atoms. The molecule has 0 radical (unpaired) electrons. The molecule has 0 bridgehead atoms. The molecule has 144 valence electrons. The minimum atomic E-state index is -1.91.